The Morgan fingerprint density at radius 1 is 1.33 bits per heavy atom. The first-order valence-corrected chi connectivity index (χ1v) is 9.93. The van der Waals surface area contributed by atoms with E-state index in [9.17, 15) is 9.59 Å². The molecule has 0 bridgehead atoms. The summed E-state index contributed by atoms with van der Waals surface area (Å²) < 4.78 is 0. The fourth-order valence-corrected chi connectivity index (χ4v) is 4.45. The smallest absolute Gasteiger partial charge is 0.315 e. The lowest BCUT2D eigenvalue weighted by molar-refractivity contribution is -0.134. The fourth-order valence-electron chi connectivity index (χ4n) is 3.66. The predicted octanol–water partition coefficient (Wildman–Crippen LogP) is 2.94. The zero-order valence-electron chi connectivity index (χ0n) is 14.3. The number of carbonyl (C=O) groups is 2. The summed E-state index contributed by atoms with van der Waals surface area (Å²) in [5, 5.41) is 10.1. The van der Waals surface area contributed by atoms with Gasteiger partial charge in [0.2, 0.25) is 5.91 Å². The molecule has 1 aliphatic carbocycles. The minimum atomic E-state index is -0.128. The largest absolute Gasteiger partial charge is 0.340 e. The van der Waals surface area contributed by atoms with Crippen molar-refractivity contribution in [2.45, 2.75) is 51.0 Å². The summed E-state index contributed by atoms with van der Waals surface area (Å²) in [7, 11) is 0. The number of thiophene rings is 1. The first-order chi connectivity index (χ1) is 11.6. The number of rotatable bonds is 5. The highest BCUT2D eigenvalue weighted by molar-refractivity contribution is 7.07. The SMILES string of the molecule is C[C@H](CNC(=O)N[C@H]1CCN(C(=O)C2CCCC2)C1)c1ccsc1. The summed E-state index contributed by atoms with van der Waals surface area (Å²) in [4.78, 5) is 26.4. The first-order valence-electron chi connectivity index (χ1n) is 8.98. The highest BCUT2D eigenvalue weighted by Crippen LogP contribution is 2.27. The number of amides is 3. The van der Waals surface area contributed by atoms with E-state index in [2.05, 4.69) is 34.4 Å². The van der Waals surface area contributed by atoms with Gasteiger partial charge in [0, 0.05) is 31.6 Å². The Kier molecular flexibility index (Phi) is 5.76. The molecule has 1 aliphatic heterocycles. The van der Waals surface area contributed by atoms with Crippen molar-refractivity contribution in [2.24, 2.45) is 5.92 Å². The maximum atomic E-state index is 12.4. The van der Waals surface area contributed by atoms with Crippen LogP contribution in [-0.4, -0.2) is 42.5 Å². The average molecular weight is 350 g/mol. The van der Waals surface area contributed by atoms with Crippen LogP contribution in [0.2, 0.25) is 0 Å². The van der Waals surface area contributed by atoms with Crippen LogP contribution in [0.4, 0.5) is 4.79 Å². The second kappa shape index (κ2) is 8.01. The third-order valence-corrected chi connectivity index (χ3v) is 5.92. The molecule has 6 heteroatoms. The van der Waals surface area contributed by atoms with Gasteiger partial charge in [-0.1, -0.05) is 19.8 Å². The lowest BCUT2D eigenvalue weighted by atomic mass is 10.1. The number of nitrogens with one attached hydrogen (secondary N) is 2. The quantitative estimate of drug-likeness (QED) is 0.858. The van der Waals surface area contributed by atoms with E-state index in [1.54, 1.807) is 11.3 Å². The van der Waals surface area contributed by atoms with Gasteiger partial charge in [-0.3, -0.25) is 4.79 Å². The molecule has 3 amide bonds. The molecule has 1 aromatic rings. The molecule has 0 unspecified atom stereocenters. The summed E-state index contributed by atoms with van der Waals surface area (Å²) in [6, 6.07) is 2.04. The summed E-state index contributed by atoms with van der Waals surface area (Å²) in [6.07, 6.45) is 5.28. The second-order valence-corrected chi connectivity index (χ2v) is 7.84. The lowest BCUT2D eigenvalue weighted by Crippen LogP contribution is -2.45. The van der Waals surface area contributed by atoms with Crippen molar-refractivity contribution in [3.05, 3.63) is 22.4 Å². The molecule has 24 heavy (non-hydrogen) atoms. The Morgan fingerprint density at radius 3 is 2.83 bits per heavy atom. The van der Waals surface area contributed by atoms with Gasteiger partial charge in [0.1, 0.15) is 0 Å². The van der Waals surface area contributed by atoms with E-state index in [1.165, 1.54) is 18.4 Å². The Labute approximate surface area is 147 Å². The molecule has 1 aromatic heterocycles. The molecule has 2 fully saturated rings. The maximum Gasteiger partial charge on any atom is 0.315 e. The van der Waals surface area contributed by atoms with Crippen molar-refractivity contribution in [1.29, 1.82) is 0 Å². The molecule has 132 valence electrons. The number of likely N-dealkylation sites (tertiary alicyclic amines) is 1. The van der Waals surface area contributed by atoms with Crippen LogP contribution >= 0.6 is 11.3 Å². The molecule has 3 rings (SSSR count). The number of hydrogen-bond donors (Lipinski definition) is 2. The van der Waals surface area contributed by atoms with Gasteiger partial charge in [0.25, 0.3) is 0 Å². The summed E-state index contributed by atoms with van der Waals surface area (Å²) in [5.41, 5.74) is 1.26. The van der Waals surface area contributed by atoms with Crippen molar-refractivity contribution in [3.63, 3.8) is 0 Å². The highest BCUT2D eigenvalue weighted by Gasteiger charge is 2.32. The van der Waals surface area contributed by atoms with Gasteiger partial charge in [-0.05, 0) is 47.6 Å². The van der Waals surface area contributed by atoms with Crippen LogP contribution in [0.3, 0.4) is 0 Å². The van der Waals surface area contributed by atoms with E-state index < -0.39 is 0 Å². The zero-order chi connectivity index (χ0) is 16.9. The van der Waals surface area contributed by atoms with E-state index in [0.717, 1.165) is 25.8 Å². The van der Waals surface area contributed by atoms with Crippen LogP contribution < -0.4 is 10.6 Å². The molecule has 0 radical (unpaired) electrons. The molecule has 2 N–H and O–H groups in total. The molecule has 2 heterocycles. The van der Waals surface area contributed by atoms with E-state index in [-0.39, 0.29) is 18.0 Å². The van der Waals surface area contributed by atoms with E-state index in [1.807, 2.05) is 4.90 Å². The number of urea groups is 1. The van der Waals surface area contributed by atoms with Gasteiger partial charge in [0.15, 0.2) is 0 Å². The number of carbonyl (C=O) groups excluding carboxylic acids is 2. The first kappa shape index (κ1) is 17.3. The second-order valence-electron chi connectivity index (χ2n) is 7.06. The van der Waals surface area contributed by atoms with Crippen molar-refractivity contribution in [3.8, 4) is 0 Å². The Balaban J connectivity index is 1.38. The van der Waals surface area contributed by atoms with Crippen LogP contribution in [0.25, 0.3) is 0 Å². The standard InChI is InChI=1S/C18H27N3O2S/c1-13(15-7-9-24-12-15)10-19-18(23)20-16-6-8-21(11-16)17(22)14-4-2-3-5-14/h7,9,12-14,16H,2-6,8,10-11H2,1H3,(H2,19,20,23)/t13-,16+/m1/s1. The van der Waals surface area contributed by atoms with E-state index in [4.69, 9.17) is 0 Å². The third-order valence-electron chi connectivity index (χ3n) is 5.22. The molecular weight excluding hydrogens is 322 g/mol. The predicted molar refractivity (Wildman–Crippen MR) is 96.2 cm³/mol. The van der Waals surface area contributed by atoms with Gasteiger partial charge in [-0.2, -0.15) is 11.3 Å². The molecule has 2 aliphatic rings. The molecule has 5 nitrogen and oxygen atoms in total. The number of hydrogen-bond acceptors (Lipinski definition) is 3. The van der Waals surface area contributed by atoms with Crippen LogP contribution in [0.15, 0.2) is 16.8 Å². The molecule has 0 aromatic carbocycles. The average Bonchev–Trinajstić information content (AvgIpc) is 3.33. The van der Waals surface area contributed by atoms with Gasteiger partial charge in [-0.15, -0.1) is 0 Å². The molecule has 1 saturated carbocycles. The molecule has 1 saturated heterocycles. The van der Waals surface area contributed by atoms with Crippen LogP contribution in [-0.2, 0) is 4.79 Å². The Hall–Kier alpha value is -1.56. The highest BCUT2D eigenvalue weighted by atomic mass is 32.1. The van der Waals surface area contributed by atoms with Crippen LogP contribution in [0.1, 0.15) is 50.5 Å². The molecular formula is C18H27N3O2S. The minimum absolute atomic E-state index is 0.0757. The van der Waals surface area contributed by atoms with Gasteiger partial charge in [-0.25, -0.2) is 4.79 Å². The van der Waals surface area contributed by atoms with Gasteiger partial charge < -0.3 is 15.5 Å². The number of nitrogens with zero attached hydrogens (tertiary/aromatic N) is 1. The van der Waals surface area contributed by atoms with Crippen molar-refractivity contribution in [1.82, 2.24) is 15.5 Å². The minimum Gasteiger partial charge on any atom is -0.340 e. The van der Waals surface area contributed by atoms with E-state index in [0.29, 0.717) is 24.9 Å². The normalized spacial score (nSPS) is 22.5. The topological polar surface area (TPSA) is 61.4 Å². The fraction of sp³-hybridized carbons (Fsp3) is 0.667. The maximum absolute atomic E-state index is 12.4. The Bertz CT molecular complexity index is 555. The molecule has 0 spiro atoms. The van der Waals surface area contributed by atoms with Crippen LogP contribution in [0.5, 0.6) is 0 Å². The summed E-state index contributed by atoms with van der Waals surface area (Å²) in [6.45, 7) is 4.16. The Morgan fingerprint density at radius 2 is 2.12 bits per heavy atom. The molecule has 2 atom stereocenters. The van der Waals surface area contributed by atoms with E-state index >= 15 is 0 Å². The van der Waals surface area contributed by atoms with Crippen LogP contribution in [0, 0.1) is 5.92 Å². The van der Waals surface area contributed by atoms with Crippen molar-refractivity contribution >= 4 is 23.3 Å². The summed E-state index contributed by atoms with van der Waals surface area (Å²) >= 11 is 1.68. The monoisotopic (exact) mass is 349 g/mol. The lowest BCUT2D eigenvalue weighted by Gasteiger charge is -2.21. The van der Waals surface area contributed by atoms with Gasteiger partial charge in [0.05, 0.1) is 0 Å². The van der Waals surface area contributed by atoms with Gasteiger partial charge >= 0.3 is 6.03 Å². The van der Waals surface area contributed by atoms with Crippen molar-refractivity contribution < 1.29 is 9.59 Å². The van der Waals surface area contributed by atoms with Crippen molar-refractivity contribution in [2.75, 3.05) is 19.6 Å². The summed E-state index contributed by atoms with van der Waals surface area (Å²) in [5.74, 6) is 0.832. The third kappa shape index (κ3) is 4.29. The zero-order valence-corrected chi connectivity index (χ0v) is 15.1.